The van der Waals surface area contributed by atoms with Crippen LogP contribution in [0.3, 0.4) is 0 Å². The van der Waals surface area contributed by atoms with Crippen LogP contribution in [-0.4, -0.2) is 27.9 Å². The second-order valence-electron chi connectivity index (χ2n) is 4.11. The molecule has 1 aromatic carbocycles. The summed E-state index contributed by atoms with van der Waals surface area (Å²) in [6, 6.07) is 4.08. The second-order valence-corrected chi connectivity index (χ2v) is 5.03. The zero-order valence-electron chi connectivity index (χ0n) is 9.47. The maximum Gasteiger partial charge on any atom is 0.171 e. The van der Waals surface area contributed by atoms with Gasteiger partial charge in [0.15, 0.2) is 6.29 Å². The molecule has 18 heavy (non-hydrogen) atoms. The molecule has 2 aromatic rings. The molecule has 0 saturated carbocycles. The molecule has 1 aliphatic rings. The quantitative estimate of drug-likeness (QED) is 0.812. The molecule has 0 radical (unpaired) electrons. The third-order valence-electron chi connectivity index (χ3n) is 2.83. The number of halogens is 1. The molecule has 92 valence electrons. The van der Waals surface area contributed by atoms with Crippen molar-refractivity contribution in [2.24, 2.45) is 0 Å². The van der Waals surface area contributed by atoms with Crippen LogP contribution in [0.1, 0.15) is 21.6 Å². The van der Waals surface area contributed by atoms with E-state index in [2.05, 4.69) is 32.3 Å². The molecule has 6 heteroatoms. The molecular weight excluding hydrogens is 298 g/mol. The van der Waals surface area contributed by atoms with Gasteiger partial charge in [0.1, 0.15) is 11.4 Å². The van der Waals surface area contributed by atoms with Gasteiger partial charge in [0.05, 0.1) is 19.3 Å². The molecule has 0 atom stereocenters. The van der Waals surface area contributed by atoms with E-state index in [1.807, 2.05) is 6.07 Å². The summed E-state index contributed by atoms with van der Waals surface area (Å²) in [6.45, 7) is 1.26. The average Bonchev–Trinajstić information content (AvgIpc) is 2.97. The number of rotatable bonds is 3. The Hall–Kier alpha value is -1.69. The maximum absolute atomic E-state index is 10.6. The first-order valence-corrected chi connectivity index (χ1v) is 6.35. The van der Waals surface area contributed by atoms with Crippen molar-refractivity contribution in [2.45, 2.75) is 13.0 Å². The van der Waals surface area contributed by atoms with E-state index in [9.17, 15) is 4.79 Å². The summed E-state index contributed by atoms with van der Waals surface area (Å²) >= 11 is 3.49. The Bertz CT molecular complexity index is 609. The molecule has 0 unspecified atom stereocenters. The van der Waals surface area contributed by atoms with E-state index in [1.54, 1.807) is 10.9 Å². The lowest BCUT2D eigenvalue weighted by molar-refractivity contribution is 0.111. The van der Waals surface area contributed by atoms with Crippen molar-refractivity contribution in [1.29, 1.82) is 0 Å². The molecule has 0 N–H and O–H groups in total. The van der Waals surface area contributed by atoms with Gasteiger partial charge in [0.25, 0.3) is 0 Å². The molecule has 0 spiro atoms. The SMILES string of the molecule is O=Cc1cn(Cc2cc(Br)cc3c2OCC3)nn1. The molecule has 0 saturated heterocycles. The normalized spacial score (nSPS) is 13.2. The van der Waals surface area contributed by atoms with Crippen molar-refractivity contribution in [3.8, 4) is 5.75 Å². The van der Waals surface area contributed by atoms with E-state index >= 15 is 0 Å². The second kappa shape index (κ2) is 4.53. The van der Waals surface area contributed by atoms with Crippen LogP contribution in [0.15, 0.2) is 22.8 Å². The Morgan fingerprint density at radius 3 is 3.17 bits per heavy atom. The van der Waals surface area contributed by atoms with Crippen LogP contribution in [0.4, 0.5) is 0 Å². The fraction of sp³-hybridized carbons (Fsp3) is 0.250. The Kier molecular flexibility index (Phi) is 2.87. The van der Waals surface area contributed by atoms with Gasteiger partial charge in [0.2, 0.25) is 0 Å². The first-order chi connectivity index (χ1) is 8.76. The number of fused-ring (bicyclic) bond motifs is 1. The topological polar surface area (TPSA) is 57.0 Å². The van der Waals surface area contributed by atoms with Crippen LogP contribution in [0.5, 0.6) is 5.75 Å². The van der Waals surface area contributed by atoms with Gasteiger partial charge in [-0.1, -0.05) is 21.1 Å². The van der Waals surface area contributed by atoms with Crippen molar-refractivity contribution in [2.75, 3.05) is 6.61 Å². The third kappa shape index (κ3) is 2.03. The monoisotopic (exact) mass is 307 g/mol. The number of aromatic nitrogens is 3. The fourth-order valence-electron chi connectivity index (χ4n) is 2.08. The first-order valence-electron chi connectivity index (χ1n) is 5.55. The third-order valence-corrected chi connectivity index (χ3v) is 3.29. The van der Waals surface area contributed by atoms with Crippen molar-refractivity contribution in [3.63, 3.8) is 0 Å². The van der Waals surface area contributed by atoms with Crippen LogP contribution in [0, 0.1) is 0 Å². The van der Waals surface area contributed by atoms with E-state index in [1.165, 1.54) is 5.56 Å². The number of carbonyl (C=O) groups excluding carboxylic acids is 1. The van der Waals surface area contributed by atoms with E-state index < -0.39 is 0 Å². The lowest BCUT2D eigenvalue weighted by atomic mass is 10.1. The zero-order chi connectivity index (χ0) is 12.5. The fourth-order valence-corrected chi connectivity index (χ4v) is 2.64. The van der Waals surface area contributed by atoms with Crippen LogP contribution in [0.2, 0.25) is 0 Å². The van der Waals surface area contributed by atoms with E-state index in [4.69, 9.17) is 4.74 Å². The van der Waals surface area contributed by atoms with Crippen LogP contribution in [-0.2, 0) is 13.0 Å². The summed E-state index contributed by atoms with van der Waals surface area (Å²) < 4.78 is 8.30. The number of hydrogen-bond donors (Lipinski definition) is 0. The van der Waals surface area contributed by atoms with Crippen molar-refractivity contribution >= 4 is 22.2 Å². The lowest BCUT2D eigenvalue weighted by Crippen LogP contribution is -2.02. The van der Waals surface area contributed by atoms with Gasteiger partial charge >= 0.3 is 0 Å². The standard InChI is InChI=1S/C12H10BrN3O2/c13-10-3-8-1-2-18-12(8)9(4-10)5-16-6-11(7-17)14-15-16/h3-4,6-7H,1-2,5H2. The zero-order valence-corrected chi connectivity index (χ0v) is 11.1. The number of benzene rings is 1. The Morgan fingerprint density at radius 1 is 1.50 bits per heavy atom. The summed E-state index contributed by atoms with van der Waals surface area (Å²) in [7, 11) is 0. The van der Waals surface area contributed by atoms with Crippen molar-refractivity contribution in [1.82, 2.24) is 15.0 Å². The highest BCUT2D eigenvalue weighted by Crippen LogP contribution is 2.33. The molecule has 5 nitrogen and oxygen atoms in total. The number of nitrogens with zero attached hydrogens (tertiary/aromatic N) is 3. The van der Waals surface area contributed by atoms with Gasteiger partial charge in [0, 0.05) is 16.5 Å². The molecule has 0 fully saturated rings. The van der Waals surface area contributed by atoms with E-state index in [0.29, 0.717) is 18.5 Å². The highest BCUT2D eigenvalue weighted by atomic mass is 79.9. The lowest BCUT2D eigenvalue weighted by Gasteiger charge is -2.08. The highest BCUT2D eigenvalue weighted by Gasteiger charge is 2.18. The van der Waals surface area contributed by atoms with Crippen LogP contribution in [0.25, 0.3) is 0 Å². The minimum atomic E-state index is 0.336. The summed E-state index contributed by atoms with van der Waals surface area (Å²) in [5, 5.41) is 7.64. The number of hydrogen-bond acceptors (Lipinski definition) is 4. The van der Waals surface area contributed by atoms with Gasteiger partial charge in [-0.05, 0) is 17.7 Å². The summed E-state index contributed by atoms with van der Waals surface area (Å²) in [5.74, 6) is 0.932. The molecule has 0 aliphatic carbocycles. The van der Waals surface area contributed by atoms with Crippen LogP contribution < -0.4 is 4.74 Å². The van der Waals surface area contributed by atoms with Gasteiger partial charge in [-0.15, -0.1) is 5.10 Å². The molecule has 2 heterocycles. The molecule has 1 aliphatic heterocycles. The largest absolute Gasteiger partial charge is 0.493 e. The van der Waals surface area contributed by atoms with Gasteiger partial charge in [-0.25, -0.2) is 4.68 Å². The van der Waals surface area contributed by atoms with Gasteiger partial charge in [-0.2, -0.15) is 0 Å². The van der Waals surface area contributed by atoms with E-state index in [0.717, 1.165) is 28.8 Å². The van der Waals surface area contributed by atoms with Crippen LogP contribution >= 0.6 is 15.9 Å². The molecule has 3 rings (SSSR count). The Labute approximate surface area is 112 Å². The number of ether oxygens (including phenoxy) is 1. The van der Waals surface area contributed by atoms with Crippen molar-refractivity contribution < 1.29 is 9.53 Å². The minimum absolute atomic E-state index is 0.336. The molecule has 0 bridgehead atoms. The predicted molar refractivity (Wildman–Crippen MR) is 67.9 cm³/mol. The van der Waals surface area contributed by atoms with Gasteiger partial charge in [-0.3, -0.25) is 4.79 Å². The van der Waals surface area contributed by atoms with E-state index in [-0.39, 0.29) is 0 Å². The summed E-state index contributed by atoms with van der Waals surface area (Å²) in [4.78, 5) is 10.6. The maximum atomic E-state index is 10.6. The Morgan fingerprint density at radius 2 is 2.39 bits per heavy atom. The first kappa shape index (κ1) is 11.4. The summed E-state index contributed by atoms with van der Waals surface area (Å²) in [6.07, 6.45) is 3.24. The van der Waals surface area contributed by atoms with Crippen molar-refractivity contribution in [3.05, 3.63) is 39.6 Å². The smallest absolute Gasteiger partial charge is 0.171 e. The minimum Gasteiger partial charge on any atom is -0.493 e. The average molecular weight is 308 g/mol. The number of aldehydes is 1. The molecule has 1 aromatic heterocycles. The Balaban J connectivity index is 1.95. The highest BCUT2D eigenvalue weighted by molar-refractivity contribution is 9.10. The van der Waals surface area contributed by atoms with Gasteiger partial charge < -0.3 is 4.74 Å². The molecular formula is C12H10BrN3O2. The number of carbonyl (C=O) groups is 1. The summed E-state index contributed by atoms with van der Waals surface area (Å²) in [5.41, 5.74) is 2.58. The predicted octanol–water partition coefficient (Wildman–Crippen LogP) is 1.84. The molecule has 0 amide bonds.